The molecule has 10 heteroatoms. The first kappa shape index (κ1) is 32.0. The van der Waals surface area contributed by atoms with Crippen molar-refractivity contribution in [2.24, 2.45) is 5.92 Å². The van der Waals surface area contributed by atoms with Gasteiger partial charge in [-0.15, -0.1) is 0 Å². The number of hydrogen-bond acceptors (Lipinski definition) is 8. The van der Waals surface area contributed by atoms with Gasteiger partial charge in [-0.1, -0.05) is 87.2 Å². The number of carbonyl (C=O) groups excluding carboxylic acids is 2. The molecule has 6 rings (SSSR count). The molecule has 46 heavy (non-hydrogen) atoms. The van der Waals surface area contributed by atoms with Crippen LogP contribution < -0.4 is 5.32 Å². The van der Waals surface area contributed by atoms with Gasteiger partial charge in [0.05, 0.1) is 18.6 Å². The fourth-order valence-electron chi connectivity index (χ4n) is 7.54. The van der Waals surface area contributed by atoms with Crippen molar-refractivity contribution >= 4 is 17.6 Å². The van der Waals surface area contributed by atoms with Crippen LogP contribution in [0.15, 0.2) is 97.6 Å². The number of aliphatic hydroxyl groups is 2. The number of ether oxygens (including phenoxy) is 3. The second-order valence-corrected chi connectivity index (χ2v) is 12.4. The van der Waals surface area contributed by atoms with Crippen molar-refractivity contribution in [3.8, 4) is 0 Å². The van der Waals surface area contributed by atoms with Gasteiger partial charge in [0.25, 0.3) is 5.91 Å². The van der Waals surface area contributed by atoms with Gasteiger partial charge < -0.3 is 29.7 Å². The van der Waals surface area contributed by atoms with Crippen LogP contribution in [0.2, 0.25) is 0 Å². The number of para-hydroxylation sites is 1. The summed E-state index contributed by atoms with van der Waals surface area (Å²) in [7, 11) is 0. The van der Waals surface area contributed by atoms with Crippen LogP contribution in [0.5, 0.6) is 0 Å². The van der Waals surface area contributed by atoms with E-state index in [1.165, 1.54) is 18.2 Å². The molecule has 1 amide bonds. The maximum Gasteiger partial charge on any atom is 0.308 e. The maximum absolute atomic E-state index is 14.7. The second kappa shape index (κ2) is 12.0. The second-order valence-electron chi connectivity index (χ2n) is 12.4. The Kier molecular flexibility index (Phi) is 8.37. The number of benzene rings is 3. The molecule has 3 heterocycles. The lowest BCUT2D eigenvalue weighted by molar-refractivity contribution is -0.326. The zero-order chi connectivity index (χ0) is 32.7. The van der Waals surface area contributed by atoms with E-state index in [9.17, 15) is 24.2 Å². The van der Waals surface area contributed by atoms with E-state index in [4.69, 9.17) is 14.2 Å². The Bertz CT molecular complexity index is 1590. The van der Waals surface area contributed by atoms with E-state index in [1.807, 2.05) is 50.2 Å². The summed E-state index contributed by atoms with van der Waals surface area (Å²) >= 11 is 0. The molecule has 242 valence electrons. The van der Waals surface area contributed by atoms with E-state index in [0.717, 1.165) is 0 Å². The summed E-state index contributed by atoms with van der Waals surface area (Å²) in [5.41, 5.74) is -5.47. The number of anilines is 1. The summed E-state index contributed by atoms with van der Waals surface area (Å²) in [5, 5.41) is 26.9. The predicted molar refractivity (Wildman–Crippen MR) is 167 cm³/mol. The summed E-state index contributed by atoms with van der Waals surface area (Å²) in [5.74, 6) is -2.15. The first-order chi connectivity index (χ1) is 22.1. The standard InChI is InChI=1S/C36H39FN2O7/c1-4-21-44-31(41)23-29(40)22-30-19-20-39-35(43,24(2)3)34(32(42)38-28-13-9-6-10-14-28)33(46-34,25-11-7-5-8-12-25)36(39,45-30)26-15-17-27(37)18-16-26/h4-18,24,29-30,40,43H,1,19-23H2,2-3H3,(H,38,42)/t29-,30+,33+,34+,35+,36+/m0/s1. The first-order valence-electron chi connectivity index (χ1n) is 15.6. The van der Waals surface area contributed by atoms with E-state index >= 15 is 0 Å². The lowest BCUT2D eigenvalue weighted by atomic mass is 9.73. The van der Waals surface area contributed by atoms with Gasteiger partial charge in [-0.25, -0.2) is 9.29 Å². The van der Waals surface area contributed by atoms with Crippen LogP contribution in [-0.4, -0.2) is 63.7 Å². The Morgan fingerprint density at radius 2 is 1.72 bits per heavy atom. The van der Waals surface area contributed by atoms with Gasteiger partial charge in [0.1, 0.15) is 12.4 Å². The Hall–Kier alpha value is -3.93. The van der Waals surface area contributed by atoms with Gasteiger partial charge in [0, 0.05) is 24.2 Å². The van der Waals surface area contributed by atoms with Gasteiger partial charge in [0.15, 0.2) is 17.1 Å². The molecule has 3 saturated heterocycles. The van der Waals surface area contributed by atoms with Gasteiger partial charge in [-0.05, 0) is 42.2 Å². The SMILES string of the molecule is C=CCOC(=O)C[C@@H](O)C[C@H]1CCN2[C@](c3ccc(F)cc3)(O1)[C@]1(c3ccccc3)O[C@@]1(C(=O)Nc1ccccc1)[C@]2(O)C(C)C. The van der Waals surface area contributed by atoms with Crippen molar-refractivity contribution in [2.75, 3.05) is 18.5 Å². The minimum atomic E-state index is -1.91. The number of epoxide rings is 1. The first-order valence-corrected chi connectivity index (χ1v) is 15.6. The van der Waals surface area contributed by atoms with Crippen LogP contribution in [-0.2, 0) is 35.1 Å². The molecule has 3 N–H and O–H groups in total. The van der Waals surface area contributed by atoms with Crippen LogP contribution in [0.4, 0.5) is 10.1 Å². The quantitative estimate of drug-likeness (QED) is 0.160. The van der Waals surface area contributed by atoms with Gasteiger partial charge in [-0.2, -0.15) is 0 Å². The minimum absolute atomic E-state index is 0.0337. The summed E-state index contributed by atoms with van der Waals surface area (Å²) in [6.45, 7) is 7.45. The summed E-state index contributed by atoms with van der Waals surface area (Å²) in [4.78, 5) is 28.7. The highest BCUT2D eigenvalue weighted by atomic mass is 19.1. The molecule has 0 bridgehead atoms. The molecule has 3 aliphatic rings. The lowest BCUT2D eigenvalue weighted by Crippen LogP contribution is -2.68. The third kappa shape index (κ3) is 4.62. The third-order valence-corrected chi connectivity index (χ3v) is 9.43. The summed E-state index contributed by atoms with van der Waals surface area (Å²) < 4.78 is 33.3. The number of nitrogens with one attached hydrogen (secondary N) is 1. The molecule has 0 saturated carbocycles. The number of morpholine rings is 1. The molecular weight excluding hydrogens is 591 g/mol. The van der Waals surface area contributed by atoms with E-state index < -0.39 is 58.5 Å². The fraction of sp³-hybridized carbons (Fsp3) is 0.389. The molecule has 9 nitrogen and oxygen atoms in total. The molecule has 3 aromatic rings. The normalized spacial score (nSPS) is 30.6. The molecule has 0 aliphatic carbocycles. The largest absolute Gasteiger partial charge is 0.461 e. The molecule has 3 aromatic carbocycles. The van der Waals surface area contributed by atoms with Crippen LogP contribution >= 0.6 is 0 Å². The Morgan fingerprint density at radius 1 is 1.07 bits per heavy atom. The van der Waals surface area contributed by atoms with Gasteiger partial charge in [0.2, 0.25) is 5.60 Å². The zero-order valence-corrected chi connectivity index (χ0v) is 25.9. The molecule has 0 unspecified atom stereocenters. The van der Waals surface area contributed by atoms with Crippen LogP contribution in [0.3, 0.4) is 0 Å². The number of rotatable bonds is 11. The van der Waals surface area contributed by atoms with Gasteiger partial charge >= 0.3 is 5.97 Å². The van der Waals surface area contributed by atoms with Gasteiger partial charge in [-0.3, -0.25) is 9.59 Å². The zero-order valence-electron chi connectivity index (χ0n) is 25.9. The van der Waals surface area contributed by atoms with Crippen LogP contribution in [0, 0.1) is 11.7 Å². The summed E-state index contributed by atoms with van der Waals surface area (Å²) in [6.07, 6.45) is -0.113. The van der Waals surface area contributed by atoms with E-state index in [-0.39, 0.29) is 26.0 Å². The fourth-order valence-corrected chi connectivity index (χ4v) is 7.54. The Labute approximate surface area is 267 Å². The lowest BCUT2D eigenvalue weighted by Gasteiger charge is -2.54. The highest BCUT2D eigenvalue weighted by molar-refractivity contribution is 6.03. The molecule has 0 aromatic heterocycles. The topological polar surface area (TPSA) is 121 Å². The molecule has 6 atom stereocenters. The third-order valence-electron chi connectivity index (χ3n) is 9.43. The van der Waals surface area contributed by atoms with Crippen LogP contribution in [0.25, 0.3) is 0 Å². The van der Waals surface area contributed by atoms with Crippen LogP contribution in [0.1, 0.15) is 44.2 Å². The molecule has 3 aliphatic heterocycles. The summed E-state index contributed by atoms with van der Waals surface area (Å²) in [6, 6.07) is 23.8. The maximum atomic E-state index is 14.7. The number of nitrogens with zero attached hydrogens (tertiary/aromatic N) is 1. The molecular formula is C36H39FN2O7. The van der Waals surface area contributed by atoms with Crippen molar-refractivity contribution in [3.05, 3.63) is 115 Å². The molecule has 0 spiro atoms. The van der Waals surface area contributed by atoms with Crippen molar-refractivity contribution in [1.82, 2.24) is 4.90 Å². The number of esters is 1. The average Bonchev–Trinajstić information content (AvgIpc) is 3.74. The minimum Gasteiger partial charge on any atom is -0.461 e. The average molecular weight is 631 g/mol. The highest BCUT2D eigenvalue weighted by Gasteiger charge is 2.99. The number of carbonyl (C=O) groups is 2. The Balaban J connectivity index is 1.51. The number of aliphatic hydroxyl groups excluding tert-OH is 1. The number of hydrogen-bond donors (Lipinski definition) is 3. The van der Waals surface area contributed by atoms with E-state index in [1.54, 1.807) is 41.3 Å². The van der Waals surface area contributed by atoms with Crippen molar-refractivity contribution in [3.63, 3.8) is 0 Å². The van der Waals surface area contributed by atoms with Crippen molar-refractivity contribution < 1.29 is 38.4 Å². The molecule has 3 fully saturated rings. The number of fused-ring (bicyclic) bond motifs is 3. The predicted octanol–water partition coefficient (Wildman–Crippen LogP) is 4.60. The van der Waals surface area contributed by atoms with Crippen molar-refractivity contribution in [2.45, 2.75) is 68.0 Å². The highest BCUT2D eigenvalue weighted by Crippen LogP contribution is 2.79. The van der Waals surface area contributed by atoms with E-state index in [2.05, 4.69) is 11.9 Å². The Morgan fingerprint density at radius 3 is 2.35 bits per heavy atom. The number of amides is 1. The van der Waals surface area contributed by atoms with Crippen molar-refractivity contribution in [1.29, 1.82) is 0 Å². The van der Waals surface area contributed by atoms with E-state index in [0.29, 0.717) is 23.2 Å². The smallest absolute Gasteiger partial charge is 0.308 e. The molecule has 0 radical (unpaired) electrons. The number of halogens is 1. The monoisotopic (exact) mass is 630 g/mol.